The van der Waals surface area contributed by atoms with Gasteiger partial charge in [0, 0.05) is 18.4 Å². The topological polar surface area (TPSA) is 120 Å². The summed E-state index contributed by atoms with van der Waals surface area (Å²) in [5, 5.41) is 7.18. The average molecular weight is 516 g/mol. The molecule has 3 rings (SSSR count). The van der Waals surface area contributed by atoms with Crippen LogP contribution in [-0.4, -0.2) is 71.7 Å². The lowest BCUT2D eigenvalue weighted by Gasteiger charge is -2.17. The number of ether oxygens (including phenoxy) is 1. The van der Waals surface area contributed by atoms with Gasteiger partial charge in [0.25, 0.3) is 5.89 Å². The molecule has 2 heterocycles. The van der Waals surface area contributed by atoms with Crippen LogP contribution < -0.4 is 0 Å². The van der Waals surface area contributed by atoms with Crippen LogP contribution in [-0.2, 0) is 32.1 Å². The van der Waals surface area contributed by atoms with Crippen molar-refractivity contribution in [2.24, 2.45) is 0 Å². The molecule has 0 unspecified atom stereocenters. The summed E-state index contributed by atoms with van der Waals surface area (Å²) in [6, 6.07) is 6.36. The number of esters is 1. The van der Waals surface area contributed by atoms with Crippen molar-refractivity contribution in [2.45, 2.75) is 31.5 Å². The van der Waals surface area contributed by atoms with Crippen LogP contribution >= 0.6 is 0 Å². The van der Waals surface area contributed by atoms with Gasteiger partial charge < -0.3 is 14.2 Å². The summed E-state index contributed by atoms with van der Waals surface area (Å²) in [5.41, 5.74) is -1.20. The zero-order chi connectivity index (χ0) is 25.8. The number of hydrogen-bond acceptors (Lipinski definition) is 9. The molecule has 0 aliphatic heterocycles. The molecule has 0 atom stereocenters. The molecule has 0 aliphatic carbocycles. The van der Waals surface area contributed by atoms with Crippen LogP contribution in [0.15, 0.2) is 39.8 Å². The maximum Gasteiger partial charge on any atom is 0.435 e. The van der Waals surface area contributed by atoms with E-state index in [1.54, 1.807) is 0 Å². The van der Waals surface area contributed by atoms with Gasteiger partial charge in [-0.2, -0.15) is 23.3 Å². The van der Waals surface area contributed by atoms with Gasteiger partial charge >= 0.3 is 12.1 Å². The largest absolute Gasteiger partial charge is 0.463 e. The van der Waals surface area contributed by atoms with Crippen molar-refractivity contribution in [3.63, 3.8) is 0 Å². The Bertz CT molecular complexity index is 1280. The Labute approximate surface area is 199 Å². The molecule has 0 fully saturated rings. The number of halogens is 3. The summed E-state index contributed by atoms with van der Waals surface area (Å²) in [6.07, 6.45) is -3.74. The zero-order valence-electron chi connectivity index (χ0n) is 19.2. The van der Waals surface area contributed by atoms with E-state index in [4.69, 9.17) is 9.26 Å². The molecule has 0 saturated carbocycles. The highest BCUT2D eigenvalue weighted by molar-refractivity contribution is 7.90. The second-order valence-corrected chi connectivity index (χ2v) is 9.56. The number of rotatable bonds is 10. The van der Waals surface area contributed by atoms with Crippen LogP contribution in [0.25, 0.3) is 23.0 Å². The van der Waals surface area contributed by atoms with Crippen molar-refractivity contribution in [3.8, 4) is 23.0 Å². The minimum Gasteiger partial charge on any atom is -0.463 e. The van der Waals surface area contributed by atoms with Crippen LogP contribution in [0.2, 0.25) is 0 Å². The van der Waals surface area contributed by atoms with Crippen LogP contribution in [0.5, 0.6) is 0 Å². The molecule has 10 nitrogen and oxygen atoms in total. The molecule has 0 amide bonds. The quantitative estimate of drug-likeness (QED) is 0.375. The molecule has 35 heavy (non-hydrogen) atoms. The van der Waals surface area contributed by atoms with Gasteiger partial charge in [0.1, 0.15) is 18.8 Å². The number of alkyl halides is 3. The van der Waals surface area contributed by atoms with Gasteiger partial charge in [-0.05, 0) is 37.4 Å². The Balaban J connectivity index is 1.86. The molecule has 0 radical (unpaired) electrons. The molecule has 1 aromatic carbocycles. The highest BCUT2D eigenvalue weighted by Crippen LogP contribution is 2.32. The first-order chi connectivity index (χ1) is 16.4. The second-order valence-electron chi connectivity index (χ2n) is 7.54. The minimum absolute atomic E-state index is 0.00612. The number of likely N-dealkylation sites (N-methyl/N-ethyl adjacent to an activating group) is 1. The molecule has 0 bridgehead atoms. The predicted molar refractivity (Wildman–Crippen MR) is 118 cm³/mol. The molecule has 0 N–H and O–H groups in total. The van der Waals surface area contributed by atoms with Gasteiger partial charge in [0.2, 0.25) is 5.82 Å². The number of nitrogens with zero attached hydrogens (tertiary/aromatic N) is 5. The van der Waals surface area contributed by atoms with E-state index in [0.29, 0.717) is 12.6 Å². The molecule has 0 saturated heterocycles. The molecular weight excluding hydrogens is 491 g/mol. The number of benzene rings is 1. The number of carbonyl (C=O) groups excluding carboxylic acids is 1. The van der Waals surface area contributed by atoms with Gasteiger partial charge in [-0.3, -0.25) is 4.79 Å². The highest BCUT2D eigenvalue weighted by atomic mass is 32.2. The van der Waals surface area contributed by atoms with E-state index in [2.05, 4.69) is 15.2 Å². The fraction of sp³-hybridized carbons (Fsp3) is 0.429. The number of hydrogen-bond donors (Lipinski definition) is 0. The smallest absolute Gasteiger partial charge is 0.435 e. The number of sulfone groups is 1. The Morgan fingerprint density at radius 3 is 2.54 bits per heavy atom. The summed E-state index contributed by atoms with van der Waals surface area (Å²) in [4.78, 5) is 18.4. The first-order valence-corrected chi connectivity index (χ1v) is 12.5. The summed E-state index contributed by atoms with van der Waals surface area (Å²) in [6.45, 7) is 5.40. The van der Waals surface area contributed by atoms with Crippen molar-refractivity contribution >= 4 is 15.8 Å². The van der Waals surface area contributed by atoms with Crippen LogP contribution in [0, 0.1) is 0 Å². The van der Waals surface area contributed by atoms with Gasteiger partial charge in [0.15, 0.2) is 15.5 Å². The maximum absolute atomic E-state index is 13.3. The highest BCUT2D eigenvalue weighted by Gasteiger charge is 2.36. The zero-order valence-corrected chi connectivity index (χ0v) is 20.1. The fourth-order valence-corrected chi connectivity index (χ4v) is 3.82. The van der Waals surface area contributed by atoms with Crippen molar-refractivity contribution in [2.75, 3.05) is 32.5 Å². The van der Waals surface area contributed by atoms with E-state index in [1.165, 1.54) is 24.3 Å². The van der Waals surface area contributed by atoms with Crippen molar-refractivity contribution in [1.82, 2.24) is 24.8 Å². The van der Waals surface area contributed by atoms with Crippen molar-refractivity contribution in [1.29, 1.82) is 0 Å². The standard InChI is InChI=1S/C21H24F3N5O5S/c1-4-28(5-2)9-10-33-18(30)13-29-16(12-17(26-29)21(22,23)24)19-25-20(34-27-19)14-7-6-8-15(11-14)35(3,31)32/h6-8,11-12H,4-5,9-10,13H2,1-3H3. The lowest BCUT2D eigenvalue weighted by molar-refractivity contribution is -0.146. The summed E-state index contributed by atoms with van der Waals surface area (Å²) in [7, 11) is -3.51. The first kappa shape index (κ1) is 26.3. The van der Waals surface area contributed by atoms with Crippen molar-refractivity contribution in [3.05, 3.63) is 36.0 Å². The van der Waals surface area contributed by atoms with E-state index < -0.39 is 34.2 Å². The second kappa shape index (κ2) is 10.6. The van der Waals surface area contributed by atoms with Gasteiger partial charge in [-0.25, -0.2) is 13.1 Å². The third-order valence-electron chi connectivity index (χ3n) is 5.08. The van der Waals surface area contributed by atoms with E-state index in [-0.39, 0.29) is 34.5 Å². The predicted octanol–water partition coefficient (Wildman–Crippen LogP) is 2.91. The third-order valence-corrected chi connectivity index (χ3v) is 6.19. The molecule has 2 aromatic heterocycles. The average Bonchev–Trinajstić information content (AvgIpc) is 3.43. The van der Waals surface area contributed by atoms with E-state index in [9.17, 15) is 26.4 Å². The maximum atomic E-state index is 13.3. The SMILES string of the molecule is CCN(CC)CCOC(=O)Cn1nc(C(F)(F)F)cc1-c1noc(-c2cccc(S(C)(=O)=O)c2)n1. The minimum atomic E-state index is -4.77. The van der Waals surface area contributed by atoms with Gasteiger partial charge in [-0.15, -0.1) is 0 Å². The summed E-state index contributed by atoms with van der Waals surface area (Å²) < 4.78 is 74.6. The molecular formula is C21H24F3N5O5S. The van der Waals surface area contributed by atoms with Gasteiger partial charge in [-0.1, -0.05) is 25.1 Å². The monoisotopic (exact) mass is 515 g/mol. The Morgan fingerprint density at radius 1 is 1.20 bits per heavy atom. The Hall–Kier alpha value is -3.26. The Kier molecular flexibility index (Phi) is 7.95. The normalized spacial score (nSPS) is 12.3. The summed E-state index contributed by atoms with van der Waals surface area (Å²) in [5.74, 6) is -1.16. The first-order valence-electron chi connectivity index (χ1n) is 10.6. The van der Waals surface area contributed by atoms with E-state index in [1.807, 2.05) is 18.7 Å². The molecule has 14 heteroatoms. The lowest BCUT2D eigenvalue weighted by atomic mass is 10.2. The van der Waals surface area contributed by atoms with E-state index in [0.717, 1.165) is 24.0 Å². The van der Waals surface area contributed by atoms with Crippen LogP contribution in [0.1, 0.15) is 19.5 Å². The molecule has 0 aliphatic rings. The molecule has 190 valence electrons. The van der Waals surface area contributed by atoms with Gasteiger partial charge in [0.05, 0.1) is 4.90 Å². The third kappa shape index (κ3) is 6.66. The number of carbonyl (C=O) groups is 1. The number of aromatic nitrogens is 4. The van der Waals surface area contributed by atoms with Crippen LogP contribution in [0.3, 0.4) is 0 Å². The molecule has 3 aromatic rings. The molecule has 0 spiro atoms. The Morgan fingerprint density at radius 2 is 1.91 bits per heavy atom. The van der Waals surface area contributed by atoms with E-state index >= 15 is 0 Å². The fourth-order valence-electron chi connectivity index (χ4n) is 3.16. The summed E-state index contributed by atoms with van der Waals surface area (Å²) >= 11 is 0. The van der Waals surface area contributed by atoms with Crippen LogP contribution in [0.4, 0.5) is 13.2 Å². The van der Waals surface area contributed by atoms with Crippen molar-refractivity contribution < 1.29 is 35.6 Å². The lowest BCUT2D eigenvalue weighted by Crippen LogP contribution is -2.28.